The van der Waals surface area contributed by atoms with Crippen LogP contribution in [0.2, 0.25) is 0 Å². The SMILES string of the molecule is Cc1ccc(NS(=O)(=O)c2ccc(C(=O)OC(C)C(=O)Nc3ccccc3[N+](=O)[O-])cc2)cc1. The number of anilines is 2. The lowest BCUT2D eigenvalue weighted by Gasteiger charge is -2.14. The van der Waals surface area contributed by atoms with Gasteiger partial charge in [0.25, 0.3) is 21.6 Å². The van der Waals surface area contributed by atoms with Crippen LogP contribution in [0.3, 0.4) is 0 Å². The van der Waals surface area contributed by atoms with Crippen molar-refractivity contribution < 1.29 is 27.7 Å². The van der Waals surface area contributed by atoms with Crippen LogP contribution in [0.4, 0.5) is 17.1 Å². The maximum atomic E-state index is 12.6. The first kappa shape index (κ1) is 24.4. The summed E-state index contributed by atoms with van der Waals surface area (Å²) < 4.78 is 32.7. The maximum Gasteiger partial charge on any atom is 0.338 e. The van der Waals surface area contributed by atoms with Gasteiger partial charge in [0.1, 0.15) is 5.69 Å². The van der Waals surface area contributed by atoms with Gasteiger partial charge in [0.2, 0.25) is 0 Å². The molecule has 0 fully saturated rings. The molecule has 11 heteroatoms. The van der Waals surface area contributed by atoms with Gasteiger partial charge in [0.05, 0.1) is 15.4 Å². The number of benzene rings is 3. The number of para-hydroxylation sites is 2. The van der Waals surface area contributed by atoms with E-state index in [0.717, 1.165) is 5.56 Å². The fourth-order valence-corrected chi connectivity index (χ4v) is 3.92. The number of nitro groups is 1. The number of rotatable bonds is 8. The minimum atomic E-state index is -3.87. The summed E-state index contributed by atoms with van der Waals surface area (Å²) in [6.07, 6.45) is -1.26. The highest BCUT2D eigenvalue weighted by Gasteiger charge is 2.23. The Kier molecular flexibility index (Phi) is 7.27. The molecule has 0 heterocycles. The summed E-state index contributed by atoms with van der Waals surface area (Å²) in [5.41, 5.74) is 1.07. The molecule has 3 aromatic carbocycles. The summed E-state index contributed by atoms with van der Waals surface area (Å²) >= 11 is 0. The topological polar surface area (TPSA) is 145 Å². The molecule has 0 bridgehead atoms. The van der Waals surface area contributed by atoms with Crippen LogP contribution in [-0.2, 0) is 19.6 Å². The van der Waals surface area contributed by atoms with Gasteiger partial charge in [-0.15, -0.1) is 0 Å². The van der Waals surface area contributed by atoms with Gasteiger partial charge in [-0.05, 0) is 56.3 Å². The first-order valence-corrected chi connectivity index (χ1v) is 11.5. The Morgan fingerprint density at radius 3 is 2.21 bits per heavy atom. The average Bonchev–Trinajstić information content (AvgIpc) is 2.80. The van der Waals surface area contributed by atoms with Crippen LogP contribution in [0.5, 0.6) is 0 Å². The molecule has 1 unspecified atom stereocenters. The number of carbonyl (C=O) groups is 2. The van der Waals surface area contributed by atoms with Gasteiger partial charge >= 0.3 is 5.97 Å². The van der Waals surface area contributed by atoms with Crippen molar-refractivity contribution in [2.45, 2.75) is 24.8 Å². The number of sulfonamides is 1. The minimum absolute atomic E-state index is 0.0274. The third-order valence-electron chi connectivity index (χ3n) is 4.72. The van der Waals surface area contributed by atoms with Gasteiger partial charge in [-0.3, -0.25) is 19.6 Å². The molecule has 1 atom stereocenters. The van der Waals surface area contributed by atoms with Crippen molar-refractivity contribution in [3.05, 3.63) is 94.0 Å². The van der Waals surface area contributed by atoms with Crippen LogP contribution in [0.1, 0.15) is 22.8 Å². The third kappa shape index (κ3) is 5.95. The molecule has 0 radical (unpaired) electrons. The predicted octanol–water partition coefficient (Wildman–Crippen LogP) is 3.89. The van der Waals surface area contributed by atoms with E-state index in [2.05, 4.69) is 10.0 Å². The van der Waals surface area contributed by atoms with E-state index in [1.54, 1.807) is 24.3 Å². The highest BCUT2D eigenvalue weighted by molar-refractivity contribution is 7.92. The third-order valence-corrected chi connectivity index (χ3v) is 6.11. The van der Waals surface area contributed by atoms with E-state index >= 15 is 0 Å². The number of hydrogen-bond acceptors (Lipinski definition) is 7. The summed E-state index contributed by atoms with van der Waals surface area (Å²) in [4.78, 5) is 35.1. The van der Waals surface area contributed by atoms with E-state index in [0.29, 0.717) is 5.69 Å². The van der Waals surface area contributed by atoms with E-state index < -0.39 is 32.9 Å². The van der Waals surface area contributed by atoms with Gasteiger partial charge in [-0.1, -0.05) is 29.8 Å². The second kappa shape index (κ2) is 10.1. The lowest BCUT2D eigenvalue weighted by Crippen LogP contribution is -2.30. The Morgan fingerprint density at radius 1 is 0.971 bits per heavy atom. The smallest absolute Gasteiger partial charge is 0.338 e. The predicted molar refractivity (Wildman–Crippen MR) is 125 cm³/mol. The Labute approximate surface area is 195 Å². The van der Waals surface area contributed by atoms with Crippen LogP contribution in [0.25, 0.3) is 0 Å². The Bertz CT molecular complexity index is 1320. The number of aryl methyl sites for hydroxylation is 1. The van der Waals surface area contributed by atoms with Gasteiger partial charge in [-0.25, -0.2) is 13.2 Å². The Hall–Kier alpha value is -4.25. The molecule has 10 nitrogen and oxygen atoms in total. The Morgan fingerprint density at radius 2 is 1.59 bits per heavy atom. The number of ether oxygens (including phenoxy) is 1. The fourth-order valence-electron chi connectivity index (χ4n) is 2.86. The summed E-state index contributed by atoms with van der Waals surface area (Å²) in [5.74, 6) is -1.62. The summed E-state index contributed by atoms with van der Waals surface area (Å²) in [6.45, 7) is 3.19. The molecular formula is C23H21N3O7S. The van der Waals surface area contributed by atoms with Crippen molar-refractivity contribution in [1.82, 2.24) is 0 Å². The lowest BCUT2D eigenvalue weighted by molar-refractivity contribution is -0.383. The van der Waals surface area contributed by atoms with Gasteiger partial charge in [0, 0.05) is 11.8 Å². The maximum absolute atomic E-state index is 12.6. The summed E-state index contributed by atoms with van der Waals surface area (Å²) in [6, 6.07) is 17.4. The quantitative estimate of drug-likeness (QED) is 0.281. The van der Waals surface area contributed by atoms with Crippen molar-refractivity contribution in [2.24, 2.45) is 0 Å². The molecule has 3 aromatic rings. The number of nitrogens with zero attached hydrogens (tertiary/aromatic N) is 1. The molecule has 0 spiro atoms. The van der Waals surface area contributed by atoms with E-state index in [1.807, 2.05) is 6.92 Å². The lowest BCUT2D eigenvalue weighted by atomic mass is 10.2. The van der Waals surface area contributed by atoms with Crippen LogP contribution in [-0.4, -0.2) is 31.3 Å². The van der Waals surface area contributed by atoms with Crippen molar-refractivity contribution in [2.75, 3.05) is 10.0 Å². The number of nitrogens with one attached hydrogen (secondary N) is 2. The van der Waals surface area contributed by atoms with E-state index in [9.17, 15) is 28.1 Å². The molecule has 34 heavy (non-hydrogen) atoms. The molecule has 2 N–H and O–H groups in total. The van der Waals surface area contributed by atoms with Crippen LogP contribution in [0.15, 0.2) is 77.7 Å². The summed E-state index contributed by atoms with van der Waals surface area (Å²) in [7, 11) is -3.87. The second-order valence-electron chi connectivity index (χ2n) is 7.31. The number of esters is 1. The number of hydrogen-bond donors (Lipinski definition) is 2. The standard InChI is InChI=1S/C23H21N3O7S/c1-15-7-11-18(12-8-15)25-34(31,32)19-13-9-17(10-14-19)23(28)33-16(2)22(27)24-20-5-3-4-6-21(20)26(29)30/h3-14,16,25H,1-2H3,(H,24,27). The zero-order valence-corrected chi connectivity index (χ0v) is 19.0. The zero-order chi connectivity index (χ0) is 24.9. The summed E-state index contributed by atoms with van der Waals surface area (Å²) in [5, 5.41) is 13.4. The first-order valence-electron chi connectivity index (χ1n) is 10.0. The van der Waals surface area contributed by atoms with Crippen molar-refractivity contribution in [3.63, 3.8) is 0 Å². The zero-order valence-electron chi connectivity index (χ0n) is 18.2. The molecule has 0 aliphatic rings. The van der Waals surface area contributed by atoms with Crippen molar-refractivity contribution in [1.29, 1.82) is 0 Å². The first-order chi connectivity index (χ1) is 16.1. The van der Waals surface area contributed by atoms with E-state index in [1.165, 1.54) is 55.5 Å². The van der Waals surface area contributed by atoms with E-state index in [4.69, 9.17) is 4.74 Å². The minimum Gasteiger partial charge on any atom is -0.449 e. The number of nitro benzene ring substituents is 1. The molecule has 0 saturated carbocycles. The molecule has 0 aliphatic heterocycles. The second-order valence-corrected chi connectivity index (χ2v) is 8.99. The normalized spacial score (nSPS) is 11.8. The molecular weight excluding hydrogens is 462 g/mol. The largest absolute Gasteiger partial charge is 0.449 e. The highest BCUT2D eigenvalue weighted by Crippen LogP contribution is 2.23. The van der Waals surface area contributed by atoms with Crippen molar-refractivity contribution >= 4 is 39.0 Å². The highest BCUT2D eigenvalue weighted by atomic mass is 32.2. The van der Waals surface area contributed by atoms with Crippen molar-refractivity contribution in [3.8, 4) is 0 Å². The molecule has 3 rings (SSSR count). The van der Waals surface area contributed by atoms with E-state index in [-0.39, 0.29) is 21.8 Å². The van der Waals surface area contributed by atoms with Crippen LogP contribution in [0, 0.1) is 17.0 Å². The van der Waals surface area contributed by atoms with Gasteiger partial charge in [-0.2, -0.15) is 0 Å². The Balaban J connectivity index is 1.64. The van der Waals surface area contributed by atoms with Crippen LogP contribution < -0.4 is 10.0 Å². The number of carbonyl (C=O) groups excluding carboxylic acids is 2. The van der Waals surface area contributed by atoms with Gasteiger partial charge < -0.3 is 10.1 Å². The monoisotopic (exact) mass is 483 g/mol. The molecule has 1 amide bonds. The average molecular weight is 484 g/mol. The van der Waals surface area contributed by atoms with Gasteiger partial charge in [0.15, 0.2) is 6.10 Å². The molecule has 0 aliphatic carbocycles. The fraction of sp³-hybridized carbons (Fsp3) is 0.130. The van der Waals surface area contributed by atoms with Crippen LogP contribution >= 0.6 is 0 Å². The molecule has 0 aromatic heterocycles. The molecule has 176 valence electrons. The molecule has 0 saturated heterocycles. The number of amides is 1.